The van der Waals surface area contributed by atoms with Crippen molar-refractivity contribution in [2.24, 2.45) is 5.92 Å². The number of benzene rings is 3. The van der Waals surface area contributed by atoms with Gasteiger partial charge in [0.15, 0.2) is 6.61 Å². The summed E-state index contributed by atoms with van der Waals surface area (Å²) in [6.45, 7) is -0.260. The number of thiazole rings is 1. The number of nitrogens with zero attached hydrogens (tertiary/aromatic N) is 1. The van der Waals surface area contributed by atoms with E-state index in [1.807, 2.05) is 6.07 Å². The van der Waals surface area contributed by atoms with Crippen LogP contribution in [0, 0.1) is 11.7 Å². The molecule has 11 heteroatoms. The van der Waals surface area contributed by atoms with Gasteiger partial charge in [0.25, 0.3) is 5.91 Å². The van der Waals surface area contributed by atoms with Crippen molar-refractivity contribution in [2.75, 3.05) is 16.8 Å². The molecule has 2 aliphatic rings. The Labute approximate surface area is 229 Å². The number of H-pyrrole nitrogens is 1. The Bertz CT molecular complexity index is 1620. The fourth-order valence-electron chi connectivity index (χ4n) is 4.86. The zero-order chi connectivity index (χ0) is 27.1. The summed E-state index contributed by atoms with van der Waals surface area (Å²) in [5.41, 5.74) is 1.72. The molecule has 3 amide bonds. The number of hydrogen-bond donors (Lipinski definition) is 2. The lowest BCUT2D eigenvalue weighted by Crippen LogP contribution is -2.32. The summed E-state index contributed by atoms with van der Waals surface area (Å²) in [5.74, 6) is -2.18. The summed E-state index contributed by atoms with van der Waals surface area (Å²) >= 11 is 2.27. The van der Waals surface area contributed by atoms with Crippen LogP contribution in [-0.2, 0) is 14.4 Å². The van der Waals surface area contributed by atoms with Crippen LogP contribution in [0.25, 0.3) is 0 Å². The van der Waals surface area contributed by atoms with Crippen molar-refractivity contribution in [2.45, 2.75) is 16.2 Å². The Morgan fingerprint density at radius 1 is 0.949 bits per heavy atom. The number of nitrogens with one attached hydrogen (secondary N) is 2. The van der Waals surface area contributed by atoms with Gasteiger partial charge in [-0.25, -0.2) is 9.29 Å². The van der Waals surface area contributed by atoms with Gasteiger partial charge in [-0.1, -0.05) is 53.4 Å². The lowest BCUT2D eigenvalue weighted by Gasteiger charge is -2.29. The maximum absolute atomic E-state index is 13.7. The molecule has 0 aliphatic carbocycles. The van der Waals surface area contributed by atoms with E-state index in [4.69, 9.17) is 4.74 Å². The molecule has 196 valence electrons. The lowest BCUT2D eigenvalue weighted by atomic mass is 9.83. The standard InChI is InChI=1S/C28H20FN3O5S2/c29-16-8-10-17(11-9-16)30-20(33)14-37-19-12-6-15(7-13-19)21-22-24(38-25-23(21)39-28(36)31-25)27(35)32(26(22)34)18-4-2-1-3-5-18/h1-13,21-22,24H,14H2,(H,30,33)(H,31,36). The Morgan fingerprint density at radius 2 is 1.67 bits per heavy atom. The predicted molar refractivity (Wildman–Crippen MR) is 146 cm³/mol. The molecule has 4 aromatic rings. The van der Waals surface area contributed by atoms with E-state index in [2.05, 4.69) is 10.3 Å². The second-order valence-electron chi connectivity index (χ2n) is 9.01. The monoisotopic (exact) mass is 561 g/mol. The average molecular weight is 562 g/mol. The van der Waals surface area contributed by atoms with Gasteiger partial charge >= 0.3 is 4.87 Å². The highest BCUT2D eigenvalue weighted by Gasteiger charge is 2.56. The molecular formula is C28H20FN3O5S2. The smallest absolute Gasteiger partial charge is 0.305 e. The van der Waals surface area contributed by atoms with Gasteiger partial charge in [0, 0.05) is 16.5 Å². The summed E-state index contributed by atoms with van der Waals surface area (Å²) in [6, 6.07) is 21.1. The molecule has 8 nitrogen and oxygen atoms in total. The van der Waals surface area contributed by atoms with E-state index in [1.54, 1.807) is 48.5 Å². The van der Waals surface area contributed by atoms with Crippen LogP contribution < -0.4 is 19.8 Å². The first kappa shape index (κ1) is 25.1. The number of amides is 3. The number of hydrogen-bond acceptors (Lipinski definition) is 7. The van der Waals surface area contributed by atoms with Crippen molar-refractivity contribution >= 4 is 52.2 Å². The summed E-state index contributed by atoms with van der Waals surface area (Å²) < 4.78 is 18.7. The van der Waals surface area contributed by atoms with Crippen LogP contribution in [0.5, 0.6) is 5.75 Å². The molecule has 2 N–H and O–H groups in total. The fraction of sp³-hybridized carbons (Fsp3) is 0.143. The molecule has 6 rings (SSSR count). The highest BCUT2D eigenvalue weighted by Crippen LogP contribution is 2.53. The molecule has 0 saturated carbocycles. The van der Waals surface area contributed by atoms with Crippen LogP contribution in [0.1, 0.15) is 16.4 Å². The predicted octanol–water partition coefficient (Wildman–Crippen LogP) is 4.39. The minimum Gasteiger partial charge on any atom is -0.484 e. The number of fused-ring (bicyclic) bond motifs is 2. The number of para-hydroxylation sites is 1. The normalized spacial score (nSPS) is 19.9. The largest absolute Gasteiger partial charge is 0.484 e. The topological polar surface area (TPSA) is 109 Å². The minimum atomic E-state index is -0.685. The van der Waals surface area contributed by atoms with Crippen LogP contribution in [-0.4, -0.2) is 34.6 Å². The molecule has 3 heterocycles. The molecule has 3 aromatic carbocycles. The van der Waals surface area contributed by atoms with E-state index in [0.717, 1.165) is 21.8 Å². The molecule has 2 aliphatic heterocycles. The third kappa shape index (κ3) is 4.75. The van der Waals surface area contributed by atoms with Crippen molar-refractivity contribution in [3.05, 3.63) is 105 Å². The summed E-state index contributed by atoms with van der Waals surface area (Å²) in [5, 5.41) is 2.56. The summed E-state index contributed by atoms with van der Waals surface area (Å²) in [7, 11) is 0. The van der Waals surface area contributed by atoms with E-state index < -0.39 is 28.8 Å². The van der Waals surface area contributed by atoms with Crippen LogP contribution in [0.15, 0.2) is 88.7 Å². The van der Waals surface area contributed by atoms with Crippen molar-refractivity contribution in [3.8, 4) is 5.75 Å². The van der Waals surface area contributed by atoms with E-state index in [9.17, 15) is 23.6 Å². The number of halogens is 1. The zero-order valence-electron chi connectivity index (χ0n) is 20.1. The Balaban J connectivity index is 1.24. The van der Waals surface area contributed by atoms with Gasteiger partial charge in [0.2, 0.25) is 11.8 Å². The minimum absolute atomic E-state index is 0.246. The summed E-state index contributed by atoms with van der Waals surface area (Å²) in [6.07, 6.45) is 0. The number of thioether (sulfide) groups is 1. The van der Waals surface area contributed by atoms with Gasteiger partial charge in [-0.3, -0.25) is 19.2 Å². The number of anilines is 2. The summed E-state index contributed by atoms with van der Waals surface area (Å²) in [4.78, 5) is 56.1. The molecular weight excluding hydrogens is 541 g/mol. The van der Waals surface area contributed by atoms with Gasteiger partial charge in [-0.05, 0) is 54.1 Å². The zero-order valence-corrected chi connectivity index (χ0v) is 21.8. The number of rotatable bonds is 6. The molecule has 1 saturated heterocycles. The maximum atomic E-state index is 13.7. The van der Waals surface area contributed by atoms with Crippen LogP contribution in [0.2, 0.25) is 0 Å². The van der Waals surface area contributed by atoms with Gasteiger partial charge in [0.05, 0.1) is 16.6 Å². The van der Waals surface area contributed by atoms with Crippen LogP contribution in [0.3, 0.4) is 0 Å². The maximum Gasteiger partial charge on any atom is 0.305 e. The quantitative estimate of drug-likeness (QED) is 0.338. The van der Waals surface area contributed by atoms with Crippen molar-refractivity contribution in [1.29, 1.82) is 0 Å². The number of imide groups is 1. The SMILES string of the molecule is O=C(COc1ccc(C2c3sc(=O)[nH]c3SC3C(=O)N(c4ccccc4)C(=O)C32)cc1)Nc1ccc(F)cc1. The molecule has 0 bridgehead atoms. The number of ether oxygens (including phenoxy) is 1. The van der Waals surface area contributed by atoms with E-state index in [0.29, 0.717) is 22.2 Å². The van der Waals surface area contributed by atoms with Crippen LogP contribution in [0.4, 0.5) is 15.8 Å². The Kier molecular flexibility index (Phi) is 6.53. The second-order valence-corrected chi connectivity index (χ2v) is 11.2. The third-order valence-electron chi connectivity index (χ3n) is 6.58. The van der Waals surface area contributed by atoms with Gasteiger partial charge in [-0.15, -0.1) is 0 Å². The molecule has 1 aromatic heterocycles. The first-order chi connectivity index (χ1) is 18.9. The highest BCUT2D eigenvalue weighted by molar-refractivity contribution is 8.00. The number of carbonyl (C=O) groups excluding carboxylic acids is 3. The lowest BCUT2D eigenvalue weighted by molar-refractivity contribution is -0.122. The number of aromatic nitrogens is 1. The number of carbonyl (C=O) groups is 3. The van der Waals surface area contributed by atoms with Crippen molar-refractivity contribution in [3.63, 3.8) is 0 Å². The molecule has 39 heavy (non-hydrogen) atoms. The first-order valence-electron chi connectivity index (χ1n) is 12.0. The Morgan fingerprint density at radius 3 is 2.38 bits per heavy atom. The molecule has 1 fully saturated rings. The third-order valence-corrected chi connectivity index (χ3v) is 8.98. The van der Waals surface area contributed by atoms with Crippen molar-refractivity contribution < 1.29 is 23.5 Å². The van der Waals surface area contributed by atoms with Gasteiger partial charge in [-0.2, -0.15) is 0 Å². The molecule has 0 spiro atoms. The van der Waals surface area contributed by atoms with E-state index in [1.165, 1.54) is 40.9 Å². The van der Waals surface area contributed by atoms with E-state index >= 15 is 0 Å². The first-order valence-corrected chi connectivity index (χ1v) is 13.7. The van der Waals surface area contributed by atoms with Crippen LogP contribution >= 0.6 is 23.1 Å². The van der Waals surface area contributed by atoms with Gasteiger partial charge in [0.1, 0.15) is 16.8 Å². The second kappa shape index (κ2) is 10.2. The molecule has 3 unspecified atom stereocenters. The molecule has 3 atom stereocenters. The number of aromatic amines is 1. The highest BCUT2D eigenvalue weighted by atomic mass is 32.2. The molecule has 0 radical (unpaired) electrons. The average Bonchev–Trinajstić information content (AvgIpc) is 3.43. The van der Waals surface area contributed by atoms with Gasteiger partial charge < -0.3 is 15.0 Å². The fourth-order valence-corrected chi connectivity index (χ4v) is 7.37. The Hall–Kier alpha value is -4.22. The van der Waals surface area contributed by atoms with Crippen molar-refractivity contribution in [1.82, 2.24) is 4.98 Å². The van der Waals surface area contributed by atoms with E-state index in [-0.39, 0.29) is 23.3 Å².